The largest absolute Gasteiger partial charge is 0.493 e. The molecule has 3 heterocycles. The lowest BCUT2D eigenvalue weighted by Gasteiger charge is -2.32. The zero-order valence-corrected chi connectivity index (χ0v) is 20.4. The summed E-state index contributed by atoms with van der Waals surface area (Å²) in [5.74, 6) is 1.93. The number of halogens is 1. The first kappa shape index (κ1) is 22.4. The second-order valence-corrected chi connectivity index (χ2v) is 8.61. The van der Waals surface area contributed by atoms with Gasteiger partial charge in [-0.1, -0.05) is 12.1 Å². The fourth-order valence-corrected chi connectivity index (χ4v) is 4.85. The quantitative estimate of drug-likeness (QED) is 0.344. The molecule has 7 heteroatoms. The van der Waals surface area contributed by atoms with Crippen molar-refractivity contribution in [2.24, 2.45) is 4.99 Å². The third kappa shape index (κ3) is 5.64. The van der Waals surface area contributed by atoms with E-state index in [-0.39, 0.29) is 24.0 Å². The summed E-state index contributed by atoms with van der Waals surface area (Å²) in [7, 11) is 1.84. The van der Waals surface area contributed by atoms with Gasteiger partial charge in [0.15, 0.2) is 5.96 Å². The molecule has 2 aromatic rings. The van der Waals surface area contributed by atoms with E-state index in [9.17, 15) is 0 Å². The molecular formula is C22H31IN4OS. The molecule has 0 bridgehead atoms. The minimum Gasteiger partial charge on any atom is -0.493 e. The van der Waals surface area contributed by atoms with E-state index >= 15 is 0 Å². The first-order valence-corrected chi connectivity index (χ1v) is 11.1. The van der Waals surface area contributed by atoms with Crippen LogP contribution in [0.2, 0.25) is 0 Å². The third-order valence-corrected chi connectivity index (χ3v) is 6.73. The van der Waals surface area contributed by atoms with Crippen molar-refractivity contribution in [1.82, 2.24) is 15.5 Å². The number of thiophene rings is 1. The highest BCUT2D eigenvalue weighted by Crippen LogP contribution is 2.26. The Kier molecular flexibility index (Phi) is 8.20. The van der Waals surface area contributed by atoms with Crippen molar-refractivity contribution >= 4 is 41.3 Å². The maximum absolute atomic E-state index is 5.58. The van der Waals surface area contributed by atoms with Crippen LogP contribution in [0.25, 0.3) is 0 Å². The van der Waals surface area contributed by atoms with Crippen molar-refractivity contribution in [3.63, 3.8) is 0 Å². The monoisotopic (exact) mass is 526 g/mol. The number of hydrogen-bond donors (Lipinski definition) is 2. The van der Waals surface area contributed by atoms with E-state index in [0.717, 1.165) is 57.3 Å². The summed E-state index contributed by atoms with van der Waals surface area (Å²) in [5.41, 5.74) is 4.19. The van der Waals surface area contributed by atoms with Crippen LogP contribution in [0, 0.1) is 0 Å². The number of aliphatic imine (C=N–C) groups is 1. The number of nitrogens with zero attached hydrogens (tertiary/aromatic N) is 2. The topological polar surface area (TPSA) is 48.9 Å². The summed E-state index contributed by atoms with van der Waals surface area (Å²) in [4.78, 5) is 8.50. The van der Waals surface area contributed by atoms with Gasteiger partial charge in [0.1, 0.15) is 5.75 Å². The maximum atomic E-state index is 5.58. The van der Waals surface area contributed by atoms with Gasteiger partial charge in [-0.3, -0.25) is 9.89 Å². The van der Waals surface area contributed by atoms with Gasteiger partial charge in [0, 0.05) is 50.6 Å². The number of fused-ring (bicyclic) bond motifs is 2. The Morgan fingerprint density at radius 3 is 3.00 bits per heavy atom. The van der Waals surface area contributed by atoms with Gasteiger partial charge < -0.3 is 15.4 Å². The lowest BCUT2D eigenvalue weighted by molar-refractivity contribution is 0.192. The standard InChI is InChI=1S/C22H30N4OS.HI/c1-16(26-10-6-21-19(15-26)8-12-28-21)14-25-22(23-2)24-9-5-17-3-4-20-18(13-17)7-11-27-20;/h3-4,8,12-13,16H,5-7,9-11,14-15H2,1-2H3,(H2,23,24,25);1H. The van der Waals surface area contributed by atoms with Crippen LogP contribution in [-0.2, 0) is 25.8 Å². The molecular weight excluding hydrogens is 495 g/mol. The minimum atomic E-state index is 0. The van der Waals surface area contributed by atoms with Crippen molar-refractivity contribution in [2.75, 3.05) is 33.3 Å². The van der Waals surface area contributed by atoms with Crippen molar-refractivity contribution in [1.29, 1.82) is 0 Å². The highest BCUT2D eigenvalue weighted by molar-refractivity contribution is 14.0. The number of benzene rings is 1. The minimum absolute atomic E-state index is 0. The molecule has 1 atom stereocenters. The molecule has 0 amide bonds. The number of ether oxygens (including phenoxy) is 1. The smallest absolute Gasteiger partial charge is 0.191 e. The maximum Gasteiger partial charge on any atom is 0.191 e. The van der Waals surface area contributed by atoms with Crippen molar-refractivity contribution < 1.29 is 4.74 Å². The van der Waals surface area contributed by atoms with Gasteiger partial charge in [-0.25, -0.2) is 0 Å². The number of rotatable bonds is 6. The highest BCUT2D eigenvalue weighted by atomic mass is 127. The molecule has 0 spiro atoms. The van der Waals surface area contributed by atoms with Crippen LogP contribution in [0.1, 0.15) is 28.5 Å². The predicted octanol–water partition coefficient (Wildman–Crippen LogP) is 3.46. The van der Waals surface area contributed by atoms with Gasteiger partial charge in [-0.2, -0.15) is 0 Å². The third-order valence-electron chi connectivity index (χ3n) is 5.71. The van der Waals surface area contributed by atoms with E-state index in [1.807, 2.05) is 18.4 Å². The molecule has 0 fully saturated rings. The van der Waals surface area contributed by atoms with Crippen LogP contribution in [0.4, 0.5) is 0 Å². The Balaban J connectivity index is 0.00000240. The molecule has 1 aromatic carbocycles. The molecule has 0 saturated carbocycles. The Morgan fingerprint density at radius 1 is 1.24 bits per heavy atom. The lowest BCUT2D eigenvalue weighted by Crippen LogP contribution is -2.47. The summed E-state index contributed by atoms with van der Waals surface area (Å²) < 4.78 is 5.58. The Hall–Kier alpha value is -1.32. The van der Waals surface area contributed by atoms with Gasteiger partial charge >= 0.3 is 0 Å². The van der Waals surface area contributed by atoms with Crippen LogP contribution in [0.3, 0.4) is 0 Å². The second-order valence-electron chi connectivity index (χ2n) is 7.61. The summed E-state index contributed by atoms with van der Waals surface area (Å²) in [6.45, 7) is 7.09. The summed E-state index contributed by atoms with van der Waals surface area (Å²) >= 11 is 1.90. The SMILES string of the molecule is CN=C(NCCc1ccc2c(c1)CCO2)NCC(C)N1CCc2sccc2C1.I. The van der Waals surface area contributed by atoms with Gasteiger partial charge in [0.05, 0.1) is 6.61 Å². The van der Waals surface area contributed by atoms with Crippen LogP contribution >= 0.6 is 35.3 Å². The molecule has 2 N–H and O–H groups in total. The van der Waals surface area contributed by atoms with Crippen LogP contribution < -0.4 is 15.4 Å². The molecule has 29 heavy (non-hydrogen) atoms. The lowest BCUT2D eigenvalue weighted by atomic mass is 10.1. The summed E-state index contributed by atoms with van der Waals surface area (Å²) in [6.07, 6.45) is 3.19. The van der Waals surface area contributed by atoms with Crippen molar-refractivity contribution in [3.8, 4) is 5.75 Å². The van der Waals surface area contributed by atoms with Crippen molar-refractivity contribution in [3.05, 3.63) is 51.2 Å². The van der Waals surface area contributed by atoms with Crippen LogP contribution in [-0.4, -0.2) is 50.2 Å². The average Bonchev–Trinajstić information content (AvgIpc) is 3.38. The predicted molar refractivity (Wildman–Crippen MR) is 132 cm³/mol. The summed E-state index contributed by atoms with van der Waals surface area (Å²) in [5, 5.41) is 9.16. The molecule has 4 rings (SSSR count). The molecule has 0 aliphatic carbocycles. The van der Waals surface area contributed by atoms with E-state index < -0.39 is 0 Å². The zero-order chi connectivity index (χ0) is 19.3. The molecule has 2 aliphatic heterocycles. The van der Waals surface area contributed by atoms with Gasteiger partial charge in [0.2, 0.25) is 0 Å². The van der Waals surface area contributed by atoms with Gasteiger partial charge in [-0.05, 0) is 54.0 Å². The van der Waals surface area contributed by atoms with Crippen molar-refractivity contribution in [2.45, 2.75) is 38.8 Å². The first-order valence-electron chi connectivity index (χ1n) is 10.2. The molecule has 0 saturated heterocycles. The normalized spacial score (nSPS) is 17.0. The summed E-state index contributed by atoms with van der Waals surface area (Å²) in [6, 6.07) is 9.29. The van der Waals surface area contributed by atoms with E-state index in [1.165, 1.54) is 23.1 Å². The Bertz CT molecular complexity index is 838. The van der Waals surface area contributed by atoms with E-state index in [0.29, 0.717) is 6.04 Å². The van der Waals surface area contributed by atoms with E-state index in [2.05, 4.69) is 57.1 Å². The number of nitrogens with one attached hydrogen (secondary N) is 2. The molecule has 158 valence electrons. The van der Waals surface area contributed by atoms with E-state index in [4.69, 9.17) is 4.74 Å². The molecule has 2 aliphatic rings. The zero-order valence-electron chi connectivity index (χ0n) is 17.2. The number of guanidine groups is 1. The highest BCUT2D eigenvalue weighted by Gasteiger charge is 2.21. The molecule has 5 nitrogen and oxygen atoms in total. The fraction of sp³-hybridized carbons (Fsp3) is 0.500. The Labute approximate surface area is 195 Å². The first-order chi connectivity index (χ1) is 13.7. The van der Waals surface area contributed by atoms with Gasteiger partial charge in [-0.15, -0.1) is 35.3 Å². The van der Waals surface area contributed by atoms with Gasteiger partial charge in [0.25, 0.3) is 0 Å². The van der Waals surface area contributed by atoms with Crippen LogP contribution in [0.15, 0.2) is 34.6 Å². The Morgan fingerprint density at radius 2 is 2.14 bits per heavy atom. The number of hydrogen-bond acceptors (Lipinski definition) is 4. The average molecular weight is 526 g/mol. The molecule has 1 aromatic heterocycles. The van der Waals surface area contributed by atoms with Crippen LogP contribution in [0.5, 0.6) is 5.75 Å². The molecule has 1 unspecified atom stereocenters. The van der Waals surface area contributed by atoms with E-state index in [1.54, 1.807) is 4.88 Å². The molecule has 0 radical (unpaired) electrons. The second kappa shape index (κ2) is 10.6. The fourth-order valence-electron chi connectivity index (χ4n) is 3.96.